The third-order valence-electron chi connectivity index (χ3n) is 5.18. The van der Waals surface area contributed by atoms with Gasteiger partial charge in [-0.1, -0.05) is 41.9 Å². The van der Waals surface area contributed by atoms with Crippen molar-refractivity contribution in [1.29, 1.82) is 0 Å². The predicted octanol–water partition coefficient (Wildman–Crippen LogP) is 5.94. The summed E-state index contributed by atoms with van der Waals surface area (Å²) in [5.41, 5.74) is 4.48. The first-order valence-electron chi connectivity index (χ1n) is 9.53. The summed E-state index contributed by atoms with van der Waals surface area (Å²) >= 11 is 6.01. The molecule has 1 aliphatic rings. The van der Waals surface area contributed by atoms with Gasteiger partial charge < -0.3 is 9.47 Å². The SMILES string of the molecule is Cc1cccc(C(=O)Oc2cc(Cl)nnc2Oc2c(C)cccc2C2CC2)c1C. The molecule has 3 aromatic rings. The van der Waals surface area contributed by atoms with Gasteiger partial charge in [-0.3, -0.25) is 0 Å². The number of carbonyl (C=O) groups is 1. The number of aromatic nitrogens is 2. The van der Waals surface area contributed by atoms with Gasteiger partial charge in [0.15, 0.2) is 10.9 Å². The molecule has 1 aliphatic carbocycles. The van der Waals surface area contributed by atoms with Gasteiger partial charge in [-0.05, 0) is 67.9 Å². The molecular weight excluding hydrogens is 388 g/mol. The van der Waals surface area contributed by atoms with Crippen molar-refractivity contribution in [1.82, 2.24) is 10.2 Å². The normalized spacial score (nSPS) is 13.2. The Bertz CT molecular complexity index is 1090. The summed E-state index contributed by atoms with van der Waals surface area (Å²) in [5.74, 6) is 0.985. The first-order chi connectivity index (χ1) is 13.9. The molecule has 2 aromatic carbocycles. The van der Waals surface area contributed by atoms with Crippen molar-refractivity contribution < 1.29 is 14.3 Å². The number of benzene rings is 2. The Kier molecular flexibility index (Phi) is 5.24. The Labute approximate surface area is 174 Å². The van der Waals surface area contributed by atoms with Crippen molar-refractivity contribution in [2.24, 2.45) is 0 Å². The molecule has 1 aromatic heterocycles. The lowest BCUT2D eigenvalue weighted by Gasteiger charge is -2.15. The van der Waals surface area contributed by atoms with E-state index in [1.807, 2.05) is 45.0 Å². The molecule has 1 heterocycles. The number of halogens is 1. The van der Waals surface area contributed by atoms with Crippen LogP contribution in [0.1, 0.15) is 51.4 Å². The van der Waals surface area contributed by atoms with Crippen LogP contribution in [-0.4, -0.2) is 16.2 Å². The minimum atomic E-state index is -0.493. The van der Waals surface area contributed by atoms with E-state index in [0.717, 1.165) is 40.8 Å². The fourth-order valence-corrected chi connectivity index (χ4v) is 3.38. The van der Waals surface area contributed by atoms with E-state index in [4.69, 9.17) is 21.1 Å². The van der Waals surface area contributed by atoms with Gasteiger partial charge in [0.1, 0.15) is 5.75 Å². The summed E-state index contributed by atoms with van der Waals surface area (Å²) < 4.78 is 11.7. The minimum absolute atomic E-state index is 0.115. The maximum atomic E-state index is 12.8. The lowest BCUT2D eigenvalue weighted by atomic mass is 10.0. The molecule has 0 atom stereocenters. The Morgan fingerprint density at radius 3 is 2.52 bits per heavy atom. The van der Waals surface area contributed by atoms with Crippen LogP contribution in [0.25, 0.3) is 0 Å². The molecule has 0 saturated heterocycles. The first-order valence-corrected chi connectivity index (χ1v) is 9.91. The minimum Gasteiger partial charge on any atom is -0.434 e. The second-order valence-electron chi connectivity index (χ2n) is 7.34. The highest BCUT2D eigenvalue weighted by molar-refractivity contribution is 6.29. The molecule has 0 bridgehead atoms. The second kappa shape index (κ2) is 7.84. The summed E-state index contributed by atoms with van der Waals surface area (Å²) in [6.07, 6.45) is 2.28. The molecule has 1 fully saturated rings. The van der Waals surface area contributed by atoms with Crippen LogP contribution >= 0.6 is 11.6 Å². The Hall–Kier alpha value is -2.92. The summed E-state index contributed by atoms with van der Waals surface area (Å²) in [4.78, 5) is 12.8. The Morgan fingerprint density at radius 2 is 1.76 bits per heavy atom. The van der Waals surface area contributed by atoms with Crippen molar-refractivity contribution >= 4 is 17.6 Å². The zero-order chi connectivity index (χ0) is 20.5. The van der Waals surface area contributed by atoms with Crippen LogP contribution in [-0.2, 0) is 0 Å². The summed E-state index contributed by atoms with van der Waals surface area (Å²) in [5, 5.41) is 8.03. The standard InChI is InChI=1S/C23H21ClN2O3/c1-13-6-4-8-17(15(13)3)23(27)28-19-12-20(24)25-26-22(19)29-21-14(2)7-5-9-18(21)16-10-11-16/h4-9,12,16H,10-11H2,1-3H3. The number of ether oxygens (including phenoxy) is 2. The zero-order valence-electron chi connectivity index (χ0n) is 16.5. The average Bonchev–Trinajstić information content (AvgIpc) is 3.52. The number of carbonyl (C=O) groups excluding carboxylic acids is 1. The van der Waals surface area contributed by atoms with E-state index in [0.29, 0.717) is 11.5 Å². The van der Waals surface area contributed by atoms with Gasteiger partial charge in [-0.2, -0.15) is 0 Å². The van der Waals surface area contributed by atoms with Gasteiger partial charge in [-0.25, -0.2) is 4.79 Å². The van der Waals surface area contributed by atoms with Gasteiger partial charge in [-0.15, -0.1) is 10.2 Å². The maximum Gasteiger partial charge on any atom is 0.343 e. The van der Waals surface area contributed by atoms with Crippen molar-refractivity contribution in [3.63, 3.8) is 0 Å². The maximum absolute atomic E-state index is 12.8. The lowest BCUT2D eigenvalue weighted by molar-refractivity contribution is 0.0728. The highest BCUT2D eigenvalue weighted by Gasteiger charge is 2.28. The van der Waals surface area contributed by atoms with E-state index in [-0.39, 0.29) is 16.8 Å². The molecule has 0 amide bonds. The van der Waals surface area contributed by atoms with Gasteiger partial charge in [0.2, 0.25) is 0 Å². The van der Waals surface area contributed by atoms with E-state index in [9.17, 15) is 4.79 Å². The number of esters is 1. The average molecular weight is 409 g/mol. The molecular formula is C23H21ClN2O3. The zero-order valence-corrected chi connectivity index (χ0v) is 17.3. The van der Waals surface area contributed by atoms with E-state index < -0.39 is 5.97 Å². The Morgan fingerprint density at radius 1 is 1.03 bits per heavy atom. The van der Waals surface area contributed by atoms with Crippen LogP contribution in [0.5, 0.6) is 17.4 Å². The van der Waals surface area contributed by atoms with E-state index >= 15 is 0 Å². The quantitative estimate of drug-likeness (QED) is 0.488. The lowest BCUT2D eigenvalue weighted by Crippen LogP contribution is -2.12. The molecule has 0 aliphatic heterocycles. The Balaban J connectivity index is 1.67. The van der Waals surface area contributed by atoms with Crippen LogP contribution in [0, 0.1) is 20.8 Å². The molecule has 29 heavy (non-hydrogen) atoms. The van der Waals surface area contributed by atoms with Crippen molar-refractivity contribution in [3.05, 3.63) is 75.4 Å². The second-order valence-corrected chi connectivity index (χ2v) is 7.73. The molecule has 5 nitrogen and oxygen atoms in total. The molecule has 148 valence electrons. The van der Waals surface area contributed by atoms with Gasteiger partial charge in [0.05, 0.1) is 5.56 Å². The summed E-state index contributed by atoms with van der Waals surface area (Å²) in [7, 11) is 0. The largest absolute Gasteiger partial charge is 0.434 e. The number of nitrogens with zero attached hydrogens (tertiary/aromatic N) is 2. The number of para-hydroxylation sites is 1. The van der Waals surface area contributed by atoms with Crippen LogP contribution in [0.2, 0.25) is 5.15 Å². The first kappa shape index (κ1) is 19.4. The molecule has 0 N–H and O–H groups in total. The fourth-order valence-electron chi connectivity index (χ4n) is 3.24. The number of hydrogen-bond donors (Lipinski definition) is 0. The molecule has 0 unspecified atom stereocenters. The number of aryl methyl sites for hydroxylation is 2. The molecule has 1 saturated carbocycles. The number of rotatable bonds is 5. The van der Waals surface area contributed by atoms with E-state index in [2.05, 4.69) is 16.3 Å². The van der Waals surface area contributed by atoms with Gasteiger partial charge in [0.25, 0.3) is 5.88 Å². The molecule has 0 radical (unpaired) electrons. The van der Waals surface area contributed by atoms with Gasteiger partial charge >= 0.3 is 5.97 Å². The molecule has 4 rings (SSSR count). The van der Waals surface area contributed by atoms with Crippen molar-refractivity contribution in [2.75, 3.05) is 0 Å². The summed E-state index contributed by atoms with van der Waals surface area (Å²) in [6.45, 7) is 5.81. The van der Waals surface area contributed by atoms with Gasteiger partial charge in [0, 0.05) is 6.07 Å². The highest BCUT2D eigenvalue weighted by Crippen LogP contribution is 2.46. The smallest absolute Gasteiger partial charge is 0.343 e. The van der Waals surface area contributed by atoms with E-state index in [1.54, 1.807) is 6.07 Å². The number of hydrogen-bond acceptors (Lipinski definition) is 5. The van der Waals surface area contributed by atoms with Crippen molar-refractivity contribution in [3.8, 4) is 17.4 Å². The predicted molar refractivity (Wildman–Crippen MR) is 111 cm³/mol. The van der Waals surface area contributed by atoms with Crippen LogP contribution in [0.3, 0.4) is 0 Å². The topological polar surface area (TPSA) is 61.3 Å². The van der Waals surface area contributed by atoms with Crippen LogP contribution < -0.4 is 9.47 Å². The fraction of sp³-hybridized carbons (Fsp3) is 0.261. The van der Waals surface area contributed by atoms with Crippen LogP contribution in [0.15, 0.2) is 42.5 Å². The molecule has 0 spiro atoms. The molecule has 6 heteroatoms. The van der Waals surface area contributed by atoms with E-state index in [1.165, 1.54) is 6.07 Å². The van der Waals surface area contributed by atoms with Crippen molar-refractivity contribution in [2.45, 2.75) is 39.5 Å². The highest BCUT2D eigenvalue weighted by atomic mass is 35.5. The third kappa shape index (κ3) is 4.10. The summed E-state index contributed by atoms with van der Waals surface area (Å²) in [6, 6.07) is 13.0. The monoisotopic (exact) mass is 408 g/mol. The van der Waals surface area contributed by atoms with Crippen LogP contribution in [0.4, 0.5) is 0 Å². The third-order valence-corrected chi connectivity index (χ3v) is 5.37.